The van der Waals surface area contributed by atoms with Crippen molar-refractivity contribution in [2.45, 2.75) is 19.9 Å². The van der Waals surface area contributed by atoms with E-state index in [0.29, 0.717) is 26.2 Å². The lowest BCUT2D eigenvalue weighted by Crippen LogP contribution is -2.49. The van der Waals surface area contributed by atoms with Crippen molar-refractivity contribution in [2.24, 2.45) is 0 Å². The highest BCUT2D eigenvalue weighted by Crippen LogP contribution is 2.20. The molecule has 1 aliphatic heterocycles. The number of piperazine rings is 1. The van der Waals surface area contributed by atoms with E-state index in [9.17, 15) is 9.59 Å². The van der Waals surface area contributed by atoms with E-state index in [0.717, 1.165) is 30.1 Å². The number of carbonyl (C=O) groups excluding carboxylic acids is 2. The van der Waals surface area contributed by atoms with Crippen LogP contribution in [0.1, 0.15) is 18.9 Å². The Bertz CT molecular complexity index is 800. The van der Waals surface area contributed by atoms with Crippen LogP contribution in [-0.4, -0.2) is 61.4 Å². The van der Waals surface area contributed by atoms with Crippen molar-refractivity contribution in [1.29, 1.82) is 0 Å². The van der Waals surface area contributed by atoms with Crippen molar-refractivity contribution in [3.05, 3.63) is 60.2 Å². The Morgan fingerprint density at radius 1 is 0.966 bits per heavy atom. The molecule has 1 saturated heterocycles. The molecular weight excluding hydrogens is 366 g/mol. The fourth-order valence-corrected chi connectivity index (χ4v) is 3.54. The van der Waals surface area contributed by atoms with Crippen LogP contribution in [0.4, 0.5) is 5.69 Å². The molecule has 0 atom stereocenters. The van der Waals surface area contributed by atoms with Crippen LogP contribution in [0, 0.1) is 0 Å². The molecule has 3 rings (SSSR count). The van der Waals surface area contributed by atoms with Gasteiger partial charge in [-0.15, -0.1) is 0 Å². The molecule has 0 radical (unpaired) electrons. The minimum atomic E-state index is -0.112. The first-order chi connectivity index (χ1) is 14.1. The molecule has 2 aromatic rings. The lowest BCUT2D eigenvalue weighted by molar-refractivity contribution is -0.141. The molecule has 6 nitrogen and oxygen atoms in total. The molecule has 0 saturated carbocycles. The van der Waals surface area contributed by atoms with Gasteiger partial charge in [0.15, 0.2) is 0 Å². The molecule has 0 aromatic heterocycles. The summed E-state index contributed by atoms with van der Waals surface area (Å²) in [5.41, 5.74) is 2.19. The second-order valence-electron chi connectivity index (χ2n) is 7.14. The summed E-state index contributed by atoms with van der Waals surface area (Å²) in [6.07, 6.45) is -0.0663. The van der Waals surface area contributed by atoms with Gasteiger partial charge >= 0.3 is 0 Å². The van der Waals surface area contributed by atoms with Crippen molar-refractivity contribution in [3.8, 4) is 5.75 Å². The van der Waals surface area contributed by atoms with Gasteiger partial charge in [0, 0.05) is 45.0 Å². The van der Waals surface area contributed by atoms with Gasteiger partial charge in [0.05, 0.1) is 7.11 Å². The molecule has 2 amide bonds. The van der Waals surface area contributed by atoms with Gasteiger partial charge in [0.1, 0.15) is 12.2 Å². The third kappa shape index (κ3) is 5.50. The number of anilines is 1. The van der Waals surface area contributed by atoms with E-state index in [1.165, 1.54) is 0 Å². The highest BCUT2D eigenvalue weighted by atomic mass is 16.5. The second kappa shape index (κ2) is 9.96. The fraction of sp³-hybridized carbons (Fsp3) is 0.391. The van der Waals surface area contributed by atoms with E-state index < -0.39 is 0 Å². The van der Waals surface area contributed by atoms with Crippen molar-refractivity contribution >= 4 is 17.5 Å². The van der Waals surface area contributed by atoms with Crippen LogP contribution in [0.15, 0.2) is 54.6 Å². The zero-order valence-corrected chi connectivity index (χ0v) is 17.2. The molecule has 1 aliphatic rings. The molecule has 0 aliphatic carbocycles. The van der Waals surface area contributed by atoms with Gasteiger partial charge in [0.2, 0.25) is 11.8 Å². The first kappa shape index (κ1) is 20.7. The molecule has 6 heteroatoms. The van der Waals surface area contributed by atoms with Gasteiger partial charge in [-0.3, -0.25) is 9.59 Å². The van der Waals surface area contributed by atoms with Crippen molar-refractivity contribution in [2.75, 3.05) is 44.7 Å². The Morgan fingerprint density at radius 3 is 2.21 bits per heavy atom. The van der Waals surface area contributed by atoms with Gasteiger partial charge in [0.25, 0.3) is 0 Å². The van der Waals surface area contributed by atoms with Crippen LogP contribution >= 0.6 is 0 Å². The standard InChI is InChI=1S/C23H29N3O3/c1-3-24(18-19-7-5-4-6-8-19)22(27)17-23(28)26-15-13-25(14-16-26)20-9-11-21(29-2)12-10-20/h4-12H,3,13-18H2,1-2H3. The quantitative estimate of drug-likeness (QED) is 0.677. The van der Waals surface area contributed by atoms with E-state index in [1.807, 2.05) is 61.5 Å². The topological polar surface area (TPSA) is 53.1 Å². The van der Waals surface area contributed by atoms with E-state index in [-0.39, 0.29) is 18.2 Å². The first-order valence-corrected chi connectivity index (χ1v) is 10.1. The predicted molar refractivity (Wildman–Crippen MR) is 114 cm³/mol. The summed E-state index contributed by atoms with van der Waals surface area (Å²) in [6, 6.07) is 17.8. The highest BCUT2D eigenvalue weighted by molar-refractivity contribution is 5.97. The lowest BCUT2D eigenvalue weighted by atomic mass is 10.2. The molecule has 29 heavy (non-hydrogen) atoms. The van der Waals surface area contributed by atoms with Gasteiger partial charge in [-0.2, -0.15) is 0 Å². The van der Waals surface area contributed by atoms with Crippen molar-refractivity contribution in [3.63, 3.8) is 0 Å². The fourth-order valence-electron chi connectivity index (χ4n) is 3.54. The third-order valence-corrected chi connectivity index (χ3v) is 5.32. The van der Waals surface area contributed by atoms with E-state index in [1.54, 1.807) is 16.9 Å². The first-order valence-electron chi connectivity index (χ1n) is 10.1. The van der Waals surface area contributed by atoms with Gasteiger partial charge in [-0.05, 0) is 36.8 Å². The monoisotopic (exact) mass is 395 g/mol. The van der Waals surface area contributed by atoms with Crippen LogP contribution < -0.4 is 9.64 Å². The summed E-state index contributed by atoms with van der Waals surface area (Å²) in [7, 11) is 1.65. The van der Waals surface area contributed by atoms with Crippen molar-refractivity contribution < 1.29 is 14.3 Å². The molecule has 0 N–H and O–H groups in total. The number of nitrogens with zero attached hydrogens (tertiary/aromatic N) is 3. The zero-order chi connectivity index (χ0) is 20.6. The normalized spacial score (nSPS) is 13.9. The average Bonchev–Trinajstić information content (AvgIpc) is 2.78. The summed E-state index contributed by atoms with van der Waals surface area (Å²) in [5, 5.41) is 0. The molecule has 1 fully saturated rings. The predicted octanol–water partition coefficient (Wildman–Crippen LogP) is 2.78. The molecule has 0 spiro atoms. The maximum Gasteiger partial charge on any atom is 0.232 e. The van der Waals surface area contributed by atoms with E-state index in [4.69, 9.17) is 4.74 Å². The van der Waals surface area contributed by atoms with Crippen LogP contribution in [0.2, 0.25) is 0 Å². The van der Waals surface area contributed by atoms with E-state index in [2.05, 4.69) is 4.90 Å². The Labute approximate surface area is 172 Å². The van der Waals surface area contributed by atoms with Crippen molar-refractivity contribution in [1.82, 2.24) is 9.80 Å². The number of amides is 2. The van der Waals surface area contributed by atoms with Crippen LogP contribution in [0.5, 0.6) is 5.75 Å². The number of rotatable bonds is 7. The second-order valence-corrected chi connectivity index (χ2v) is 7.14. The number of carbonyl (C=O) groups is 2. The third-order valence-electron chi connectivity index (χ3n) is 5.32. The minimum absolute atomic E-state index is 0.0663. The molecule has 154 valence electrons. The number of hydrogen-bond acceptors (Lipinski definition) is 4. The Hall–Kier alpha value is -3.02. The molecule has 1 heterocycles. The Balaban J connectivity index is 1.50. The summed E-state index contributed by atoms with van der Waals surface area (Å²) in [6.45, 7) is 5.84. The SMILES string of the molecule is CCN(Cc1ccccc1)C(=O)CC(=O)N1CCN(c2ccc(OC)cc2)CC1. The average molecular weight is 396 g/mol. The molecular formula is C23H29N3O3. The summed E-state index contributed by atoms with van der Waals surface area (Å²) < 4.78 is 5.20. The number of ether oxygens (including phenoxy) is 1. The maximum absolute atomic E-state index is 12.7. The molecule has 2 aromatic carbocycles. The molecule has 0 bridgehead atoms. The summed E-state index contributed by atoms with van der Waals surface area (Å²) in [4.78, 5) is 31.1. The maximum atomic E-state index is 12.7. The number of methoxy groups -OCH3 is 1. The van der Waals surface area contributed by atoms with Gasteiger partial charge in [-0.1, -0.05) is 30.3 Å². The minimum Gasteiger partial charge on any atom is -0.497 e. The Morgan fingerprint density at radius 2 is 1.62 bits per heavy atom. The van der Waals surface area contributed by atoms with Crippen LogP contribution in [0.25, 0.3) is 0 Å². The molecule has 0 unspecified atom stereocenters. The van der Waals surface area contributed by atoms with Gasteiger partial charge in [-0.25, -0.2) is 0 Å². The highest BCUT2D eigenvalue weighted by Gasteiger charge is 2.24. The van der Waals surface area contributed by atoms with E-state index >= 15 is 0 Å². The smallest absolute Gasteiger partial charge is 0.232 e. The Kier molecular flexibility index (Phi) is 7.11. The summed E-state index contributed by atoms with van der Waals surface area (Å²) in [5.74, 6) is 0.631. The largest absolute Gasteiger partial charge is 0.497 e. The zero-order valence-electron chi connectivity index (χ0n) is 17.2. The summed E-state index contributed by atoms with van der Waals surface area (Å²) >= 11 is 0. The van der Waals surface area contributed by atoms with Crippen LogP contribution in [0.3, 0.4) is 0 Å². The number of hydrogen-bond donors (Lipinski definition) is 0. The lowest BCUT2D eigenvalue weighted by Gasteiger charge is -2.36. The van der Waals surface area contributed by atoms with Crippen LogP contribution in [-0.2, 0) is 16.1 Å². The number of benzene rings is 2. The van der Waals surface area contributed by atoms with Gasteiger partial charge < -0.3 is 19.4 Å².